The highest BCUT2D eigenvalue weighted by molar-refractivity contribution is 5.76. The van der Waals surface area contributed by atoms with Crippen molar-refractivity contribution in [1.29, 1.82) is 0 Å². The summed E-state index contributed by atoms with van der Waals surface area (Å²) in [7, 11) is 1.93. The van der Waals surface area contributed by atoms with Crippen LogP contribution in [0.25, 0.3) is 11.0 Å². The van der Waals surface area contributed by atoms with E-state index in [2.05, 4.69) is 4.98 Å². The van der Waals surface area contributed by atoms with Gasteiger partial charge in [-0.2, -0.15) is 0 Å². The fraction of sp³-hybridized carbons (Fsp3) is 0.417. The zero-order valence-corrected chi connectivity index (χ0v) is 9.79. The van der Waals surface area contributed by atoms with Crippen molar-refractivity contribution in [3.05, 3.63) is 29.8 Å². The van der Waals surface area contributed by atoms with Crippen LogP contribution < -0.4 is 5.73 Å². The first kappa shape index (κ1) is 11.1. The highest BCUT2D eigenvalue weighted by Crippen LogP contribution is 2.25. The van der Waals surface area contributed by atoms with Crippen molar-refractivity contribution >= 4 is 11.0 Å². The summed E-state index contributed by atoms with van der Waals surface area (Å²) in [6, 6.07) is 4.64. The van der Waals surface area contributed by atoms with Crippen molar-refractivity contribution in [2.45, 2.75) is 19.3 Å². The van der Waals surface area contributed by atoms with Crippen LogP contribution in [-0.2, 0) is 12.5 Å². The molecule has 2 aromatic rings. The number of benzene rings is 1. The molecule has 1 heterocycles. The van der Waals surface area contributed by atoms with Crippen LogP contribution >= 0.6 is 0 Å². The monoisotopic (exact) mass is 221 g/mol. The second-order valence-electron chi connectivity index (χ2n) is 4.72. The molecule has 86 valence electrons. The van der Waals surface area contributed by atoms with Gasteiger partial charge in [-0.05, 0) is 12.1 Å². The zero-order valence-electron chi connectivity index (χ0n) is 9.79. The molecule has 0 aliphatic rings. The molecular weight excluding hydrogens is 205 g/mol. The first-order chi connectivity index (χ1) is 7.45. The lowest BCUT2D eigenvalue weighted by Crippen LogP contribution is -2.31. The molecule has 0 atom stereocenters. The summed E-state index contributed by atoms with van der Waals surface area (Å²) in [5.41, 5.74) is 7.14. The third-order valence-electron chi connectivity index (χ3n) is 2.96. The van der Waals surface area contributed by atoms with Crippen LogP contribution in [0.3, 0.4) is 0 Å². The minimum atomic E-state index is -0.261. The van der Waals surface area contributed by atoms with Gasteiger partial charge in [0.1, 0.15) is 11.6 Å². The van der Waals surface area contributed by atoms with Gasteiger partial charge in [-0.15, -0.1) is 0 Å². The van der Waals surface area contributed by atoms with E-state index in [1.807, 2.05) is 25.5 Å². The number of hydrogen-bond acceptors (Lipinski definition) is 2. The minimum Gasteiger partial charge on any atom is -0.331 e. The number of halogens is 1. The summed E-state index contributed by atoms with van der Waals surface area (Å²) in [5, 5.41) is 0. The molecule has 0 radical (unpaired) electrons. The van der Waals surface area contributed by atoms with Gasteiger partial charge < -0.3 is 10.3 Å². The number of fused-ring (bicyclic) bond motifs is 1. The molecule has 4 heteroatoms. The summed E-state index contributed by atoms with van der Waals surface area (Å²) >= 11 is 0. The van der Waals surface area contributed by atoms with Crippen LogP contribution in [0.5, 0.6) is 0 Å². The summed E-state index contributed by atoms with van der Waals surface area (Å²) in [5.74, 6) is 0.623. The van der Waals surface area contributed by atoms with Crippen molar-refractivity contribution in [2.75, 3.05) is 6.54 Å². The predicted molar refractivity (Wildman–Crippen MR) is 62.8 cm³/mol. The van der Waals surface area contributed by atoms with E-state index >= 15 is 0 Å². The van der Waals surface area contributed by atoms with Crippen LogP contribution in [0.1, 0.15) is 19.7 Å². The molecule has 0 saturated heterocycles. The van der Waals surface area contributed by atoms with Crippen molar-refractivity contribution < 1.29 is 4.39 Å². The van der Waals surface area contributed by atoms with E-state index in [1.165, 1.54) is 12.1 Å². The molecule has 2 N–H and O–H groups in total. The lowest BCUT2D eigenvalue weighted by molar-refractivity contribution is 0.487. The molecule has 0 fully saturated rings. The van der Waals surface area contributed by atoms with Crippen molar-refractivity contribution in [2.24, 2.45) is 12.8 Å². The SMILES string of the molecule is Cn1c(C(C)(C)CN)nc2cc(F)ccc21. The standard InChI is InChI=1S/C12H16FN3/c1-12(2,7-14)11-15-9-6-8(13)4-5-10(9)16(11)3/h4-6H,7,14H2,1-3H3. The smallest absolute Gasteiger partial charge is 0.125 e. The maximum absolute atomic E-state index is 13.1. The molecular formula is C12H16FN3. The third kappa shape index (κ3) is 1.59. The summed E-state index contributed by atoms with van der Waals surface area (Å²) in [6.07, 6.45) is 0. The number of hydrogen-bond donors (Lipinski definition) is 1. The number of imidazole rings is 1. The Morgan fingerprint density at radius 3 is 2.75 bits per heavy atom. The number of rotatable bonds is 2. The fourth-order valence-electron chi connectivity index (χ4n) is 1.87. The van der Waals surface area contributed by atoms with Crippen LogP contribution in [0.15, 0.2) is 18.2 Å². The molecule has 16 heavy (non-hydrogen) atoms. The van der Waals surface area contributed by atoms with Gasteiger partial charge in [-0.1, -0.05) is 13.8 Å². The Hall–Kier alpha value is -1.42. The third-order valence-corrected chi connectivity index (χ3v) is 2.96. The number of aromatic nitrogens is 2. The van der Waals surface area contributed by atoms with Gasteiger partial charge in [-0.25, -0.2) is 9.37 Å². The zero-order chi connectivity index (χ0) is 11.9. The van der Waals surface area contributed by atoms with E-state index in [4.69, 9.17) is 5.73 Å². The molecule has 0 bridgehead atoms. The van der Waals surface area contributed by atoms with Gasteiger partial charge in [0, 0.05) is 25.1 Å². The van der Waals surface area contributed by atoms with Gasteiger partial charge in [0.2, 0.25) is 0 Å². The summed E-state index contributed by atoms with van der Waals surface area (Å²) in [4.78, 5) is 4.46. The Bertz CT molecular complexity index is 528. The fourth-order valence-corrected chi connectivity index (χ4v) is 1.87. The van der Waals surface area contributed by atoms with Gasteiger partial charge in [-0.3, -0.25) is 0 Å². The van der Waals surface area contributed by atoms with E-state index in [0.29, 0.717) is 12.1 Å². The van der Waals surface area contributed by atoms with Gasteiger partial charge in [0.15, 0.2) is 0 Å². The maximum atomic E-state index is 13.1. The molecule has 0 unspecified atom stereocenters. The van der Waals surface area contributed by atoms with E-state index in [9.17, 15) is 4.39 Å². The first-order valence-electron chi connectivity index (χ1n) is 5.28. The molecule has 1 aromatic heterocycles. The molecule has 3 nitrogen and oxygen atoms in total. The Kier molecular flexibility index (Phi) is 2.46. The number of nitrogens with two attached hydrogens (primary N) is 1. The Labute approximate surface area is 94.1 Å². The second kappa shape index (κ2) is 3.56. The maximum Gasteiger partial charge on any atom is 0.125 e. The van der Waals surface area contributed by atoms with Crippen LogP contribution in [0, 0.1) is 5.82 Å². The average molecular weight is 221 g/mol. The number of aryl methyl sites for hydroxylation is 1. The lowest BCUT2D eigenvalue weighted by atomic mass is 9.93. The van der Waals surface area contributed by atoms with Gasteiger partial charge in [0.05, 0.1) is 11.0 Å². The quantitative estimate of drug-likeness (QED) is 0.842. The van der Waals surface area contributed by atoms with Crippen molar-refractivity contribution in [1.82, 2.24) is 9.55 Å². The molecule has 1 aromatic carbocycles. The largest absolute Gasteiger partial charge is 0.331 e. The summed E-state index contributed by atoms with van der Waals surface area (Å²) in [6.45, 7) is 4.57. The van der Waals surface area contributed by atoms with Gasteiger partial charge >= 0.3 is 0 Å². The highest BCUT2D eigenvalue weighted by Gasteiger charge is 2.24. The topological polar surface area (TPSA) is 43.8 Å². The average Bonchev–Trinajstić information content (AvgIpc) is 2.56. The van der Waals surface area contributed by atoms with Crippen LogP contribution in [-0.4, -0.2) is 16.1 Å². The van der Waals surface area contributed by atoms with E-state index in [1.54, 1.807) is 6.07 Å². The number of nitrogens with zero attached hydrogens (tertiary/aromatic N) is 2. The van der Waals surface area contributed by atoms with Crippen molar-refractivity contribution in [3.8, 4) is 0 Å². The molecule has 0 amide bonds. The molecule has 0 spiro atoms. The first-order valence-corrected chi connectivity index (χ1v) is 5.28. The normalized spacial score (nSPS) is 12.3. The minimum absolute atomic E-state index is 0.204. The molecule has 0 aliphatic carbocycles. The van der Waals surface area contributed by atoms with Crippen LogP contribution in [0.4, 0.5) is 4.39 Å². The Balaban J connectivity index is 2.69. The van der Waals surface area contributed by atoms with Crippen LogP contribution in [0.2, 0.25) is 0 Å². The molecule has 2 rings (SSSR count). The highest BCUT2D eigenvalue weighted by atomic mass is 19.1. The second-order valence-corrected chi connectivity index (χ2v) is 4.72. The van der Waals surface area contributed by atoms with E-state index in [0.717, 1.165) is 11.3 Å². The molecule has 0 saturated carbocycles. The van der Waals surface area contributed by atoms with Crippen molar-refractivity contribution in [3.63, 3.8) is 0 Å². The molecule has 0 aliphatic heterocycles. The Morgan fingerprint density at radius 1 is 1.44 bits per heavy atom. The predicted octanol–water partition coefficient (Wildman–Crippen LogP) is 1.95. The lowest BCUT2D eigenvalue weighted by Gasteiger charge is -2.21. The summed E-state index contributed by atoms with van der Waals surface area (Å²) < 4.78 is 15.1. The van der Waals surface area contributed by atoms with E-state index in [-0.39, 0.29) is 11.2 Å². The van der Waals surface area contributed by atoms with E-state index < -0.39 is 0 Å². The van der Waals surface area contributed by atoms with Gasteiger partial charge in [0.25, 0.3) is 0 Å². The Morgan fingerprint density at radius 2 is 2.12 bits per heavy atom.